The van der Waals surface area contributed by atoms with Crippen LogP contribution < -0.4 is 15.8 Å². The van der Waals surface area contributed by atoms with E-state index in [-0.39, 0.29) is 30.8 Å². The molecule has 11 nitrogen and oxygen atoms in total. The van der Waals surface area contributed by atoms with Crippen molar-refractivity contribution in [1.82, 2.24) is 14.9 Å². The average molecular weight is 497 g/mol. The predicted molar refractivity (Wildman–Crippen MR) is 120 cm³/mol. The molecule has 3 fully saturated rings. The average Bonchev–Trinajstić information content (AvgIpc) is 3.68. The van der Waals surface area contributed by atoms with Gasteiger partial charge in [-0.25, -0.2) is 17.9 Å². The molecule has 2 aliphatic carbocycles. The first kappa shape index (κ1) is 24.5. The highest BCUT2D eigenvalue weighted by Gasteiger charge is 2.56. The normalized spacial score (nSPS) is 33.4. The molecule has 4 rings (SSSR count). The molecule has 4 unspecified atom stereocenters. The number of carbonyl (C=O) groups is 4. The first-order valence-corrected chi connectivity index (χ1v) is 13.5. The van der Waals surface area contributed by atoms with E-state index < -0.39 is 44.8 Å². The quantitative estimate of drug-likeness (QED) is 0.375. The van der Waals surface area contributed by atoms with Crippen LogP contribution in [0.2, 0.25) is 0 Å². The Morgan fingerprint density at radius 1 is 1.15 bits per heavy atom. The lowest BCUT2D eigenvalue weighted by Crippen LogP contribution is -2.63. The molecule has 2 aliphatic heterocycles. The number of hydrogen-bond acceptors (Lipinski definition) is 7. The minimum absolute atomic E-state index is 0.00467. The summed E-state index contributed by atoms with van der Waals surface area (Å²) in [5.41, 5.74) is 2.80. The molecule has 0 aromatic carbocycles. The van der Waals surface area contributed by atoms with Crippen molar-refractivity contribution in [1.29, 1.82) is 0 Å². The number of rotatable bonds is 4. The first-order chi connectivity index (χ1) is 16.1. The van der Waals surface area contributed by atoms with E-state index in [0.717, 1.165) is 19.3 Å². The number of primary amides is 1. The third-order valence-electron chi connectivity index (χ3n) is 6.95. The van der Waals surface area contributed by atoms with Crippen molar-refractivity contribution in [3.63, 3.8) is 0 Å². The van der Waals surface area contributed by atoms with Crippen molar-refractivity contribution in [3.05, 3.63) is 12.2 Å². The fraction of sp³-hybridized carbons (Fsp3) is 0.727. The van der Waals surface area contributed by atoms with E-state index >= 15 is 0 Å². The number of nitrogens with zero attached hydrogens (tertiary/aromatic N) is 1. The molecule has 1 saturated heterocycles. The lowest BCUT2D eigenvalue weighted by atomic mass is 9.92. The van der Waals surface area contributed by atoms with Gasteiger partial charge in [0.05, 0.1) is 5.25 Å². The van der Waals surface area contributed by atoms with Gasteiger partial charge in [0.2, 0.25) is 15.9 Å². The zero-order chi connectivity index (χ0) is 24.5. The second-order valence-corrected chi connectivity index (χ2v) is 11.6. The topological polar surface area (TPSA) is 165 Å². The summed E-state index contributed by atoms with van der Waals surface area (Å²) >= 11 is 0. The maximum Gasteiger partial charge on any atom is 0.406 e. The molecule has 4 amide bonds. The van der Waals surface area contributed by atoms with E-state index in [1.165, 1.54) is 4.90 Å². The summed E-state index contributed by atoms with van der Waals surface area (Å²) in [6.07, 6.45) is 7.61. The first-order valence-electron chi connectivity index (χ1n) is 12.0. The third kappa shape index (κ3) is 5.21. The molecular formula is C22H32N4O7S. The van der Waals surface area contributed by atoms with Gasteiger partial charge in [-0.05, 0) is 57.3 Å². The van der Waals surface area contributed by atoms with Crippen LogP contribution in [0.4, 0.5) is 4.79 Å². The smallest absolute Gasteiger partial charge is 0.406 e. The van der Waals surface area contributed by atoms with E-state index in [9.17, 15) is 27.6 Å². The van der Waals surface area contributed by atoms with Gasteiger partial charge in [0.15, 0.2) is 0 Å². The molecule has 0 spiro atoms. The molecule has 0 aromatic rings. The highest BCUT2D eigenvalue weighted by atomic mass is 32.2. The highest BCUT2D eigenvalue weighted by molar-refractivity contribution is 7.91. The van der Waals surface area contributed by atoms with Crippen LogP contribution in [0.25, 0.3) is 0 Å². The van der Waals surface area contributed by atoms with Crippen molar-refractivity contribution in [2.45, 2.75) is 87.1 Å². The summed E-state index contributed by atoms with van der Waals surface area (Å²) in [6, 6.07) is -0.836. The second kappa shape index (κ2) is 9.55. The summed E-state index contributed by atoms with van der Waals surface area (Å²) in [5, 5.41) is 2.24. The molecule has 12 heteroatoms. The van der Waals surface area contributed by atoms with Crippen LogP contribution in [0, 0.1) is 5.92 Å². The van der Waals surface area contributed by atoms with Gasteiger partial charge in [0.25, 0.3) is 17.4 Å². The molecule has 4 atom stereocenters. The lowest BCUT2D eigenvalue weighted by molar-refractivity contribution is -0.163. The SMILES string of the molecule is NC(=O)OC1(C(=O)NS(=O)(=O)C2CC2)CCCCC/C=C/C2CC2NC(=O)C2CCCN2C1=O. The molecule has 34 heavy (non-hydrogen) atoms. The Morgan fingerprint density at radius 3 is 2.62 bits per heavy atom. The summed E-state index contributed by atoms with van der Waals surface area (Å²) in [5.74, 6) is -2.20. The molecule has 4 N–H and O–H groups in total. The van der Waals surface area contributed by atoms with Crippen molar-refractivity contribution in [2.24, 2.45) is 11.7 Å². The number of hydrogen-bond donors (Lipinski definition) is 3. The standard InChI is InChI=1S/C22H32N4O7S/c23-21(30)33-22(19(28)25-34(31,32)15-9-10-15)11-5-3-1-2-4-7-14-13-16(14)24-18(27)17-8-6-12-26(17)20(22)29/h4,7,14-17H,1-3,5-6,8-13H2,(H2,23,30)(H,24,27)(H,25,28)/b7-4+. The van der Waals surface area contributed by atoms with Gasteiger partial charge in [0.1, 0.15) is 6.04 Å². The number of fused-ring (bicyclic) bond motifs is 2. The Kier molecular flexibility index (Phi) is 6.88. The molecule has 2 heterocycles. The van der Waals surface area contributed by atoms with Crippen molar-refractivity contribution in [3.8, 4) is 0 Å². The van der Waals surface area contributed by atoms with Crippen LogP contribution in [0.1, 0.15) is 64.2 Å². The fourth-order valence-electron chi connectivity index (χ4n) is 4.77. The monoisotopic (exact) mass is 496 g/mol. The van der Waals surface area contributed by atoms with Crippen LogP contribution in [-0.2, 0) is 29.1 Å². The number of ether oxygens (including phenoxy) is 1. The Morgan fingerprint density at radius 2 is 1.91 bits per heavy atom. The predicted octanol–water partition coefficient (Wildman–Crippen LogP) is 0.445. The summed E-state index contributed by atoms with van der Waals surface area (Å²) in [6.45, 7) is 0.178. The molecule has 188 valence electrons. The fourth-order valence-corrected chi connectivity index (χ4v) is 6.12. The Balaban J connectivity index is 1.66. The number of nitrogens with two attached hydrogens (primary N) is 1. The summed E-state index contributed by atoms with van der Waals surface area (Å²) in [7, 11) is -4.02. The number of amides is 4. The van der Waals surface area contributed by atoms with Crippen molar-refractivity contribution < 1.29 is 32.3 Å². The number of carbonyl (C=O) groups excluding carboxylic acids is 4. The van der Waals surface area contributed by atoms with Crippen molar-refractivity contribution >= 4 is 33.8 Å². The van der Waals surface area contributed by atoms with E-state index in [1.54, 1.807) is 0 Å². The molecule has 2 saturated carbocycles. The molecule has 0 aromatic heterocycles. The minimum Gasteiger partial charge on any atom is -0.423 e. The van der Waals surface area contributed by atoms with Gasteiger partial charge in [-0.2, -0.15) is 0 Å². The number of allylic oxidation sites excluding steroid dienone is 1. The number of sulfonamides is 1. The third-order valence-corrected chi connectivity index (χ3v) is 8.77. The zero-order valence-electron chi connectivity index (χ0n) is 19.0. The van der Waals surface area contributed by atoms with Gasteiger partial charge in [-0.1, -0.05) is 18.6 Å². The maximum absolute atomic E-state index is 13.8. The van der Waals surface area contributed by atoms with Crippen LogP contribution in [0.3, 0.4) is 0 Å². The van der Waals surface area contributed by atoms with Gasteiger partial charge < -0.3 is 20.7 Å². The van der Waals surface area contributed by atoms with Gasteiger partial charge >= 0.3 is 6.09 Å². The van der Waals surface area contributed by atoms with Crippen LogP contribution in [-0.4, -0.2) is 66.6 Å². The summed E-state index contributed by atoms with van der Waals surface area (Å²) in [4.78, 5) is 53.3. The Hall–Kier alpha value is -2.63. The number of nitrogens with one attached hydrogen (secondary N) is 2. The largest absolute Gasteiger partial charge is 0.423 e. The molecule has 4 aliphatic rings. The van der Waals surface area contributed by atoms with Crippen LogP contribution in [0.5, 0.6) is 0 Å². The van der Waals surface area contributed by atoms with Gasteiger partial charge in [0, 0.05) is 19.0 Å². The van der Waals surface area contributed by atoms with E-state index in [0.29, 0.717) is 38.5 Å². The zero-order valence-corrected chi connectivity index (χ0v) is 19.8. The van der Waals surface area contributed by atoms with E-state index in [2.05, 4.69) is 17.5 Å². The lowest BCUT2D eigenvalue weighted by Gasteiger charge is -2.35. The van der Waals surface area contributed by atoms with Gasteiger partial charge in [-0.3, -0.25) is 14.4 Å². The molecular weight excluding hydrogens is 464 g/mol. The highest BCUT2D eigenvalue weighted by Crippen LogP contribution is 2.34. The molecule has 0 bridgehead atoms. The van der Waals surface area contributed by atoms with E-state index in [1.807, 2.05) is 4.72 Å². The maximum atomic E-state index is 13.8. The van der Waals surface area contributed by atoms with Crippen LogP contribution in [0.15, 0.2) is 12.2 Å². The van der Waals surface area contributed by atoms with E-state index in [4.69, 9.17) is 10.5 Å². The minimum atomic E-state index is -4.02. The second-order valence-electron chi connectivity index (χ2n) is 9.62. The Bertz CT molecular complexity index is 993. The van der Waals surface area contributed by atoms with Crippen LogP contribution >= 0.6 is 0 Å². The Labute approximate surface area is 198 Å². The summed E-state index contributed by atoms with van der Waals surface area (Å²) < 4.78 is 32.1. The molecule has 0 radical (unpaired) electrons. The van der Waals surface area contributed by atoms with Crippen molar-refractivity contribution in [2.75, 3.05) is 6.54 Å². The van der Waals surface area contributed by atoms with Gasteiger partial charge in [-0.15, -0.1) is 0 Å².